The molecule has 1 heteroatoms. The molecule has 153 valence electrons. The van der Waals surface area contributed by atoms with Gasteiger partial charge in [-0.05, 0) is 17.5 Å². The van der Waals surface area contributed by atoms with E-state index in [0.29, 0.717) is 9.54 Å². The molecule has 2 atom stereocenters. The van der Waals surface area contributed by atoms with Crippen molar-refractivity contribution in [1.29, 1.82) is 0 Å². The van der Waals surface area contributed by atoms with Gasteiger partial charge in [0, 0.05) is 5.92 Å². The number of unbranched alkanes of at least 4 members (excludes halogenated alkanes) is 2. The van der Waals surface area contributed by atoms with Crippen LogP contribution < -0.4 is 0 Å². The van der Waals surface area contributed by atoms with Gasteiger partial charge in [-0.2, -0.15) is 0 Å². The first kappa shape index (κ1) is 22.1. The van der Waals surface area contributed by atoms with E-state index >= 15 is 0 Å². The van der Waals surface area contributed by atoms with Crippen LogP contribution in [-0.4, -0.2) is 0 Å². The molecule has 0 aliphatic heterocycles. The van der Waals surface area contributed by atoms with Crippen LogP contribution in [0.4, 0.5) is 0 Å². The summed E-state index contributed by atoms with van der Waals surface area (Å²) in [5, 5.41) is 0. The van der Waals surface area contributed by atoms with Gasteiger partial charge in [-0.3, -0.25) is 0 Å². The fourth-order valence-electron chi connectivity index (χ4n) is 4.39. The molecule has 0 nitrogen and oxygen atoms in total. The SMILES string of the molecule is CCC1C=Cc2ccccc21.CCCCC#Cc1ccc2c(c1)-c1ccccc1[CH]2[Zr]. The van der Waals surface area contributed by atoms with Gasteiger partial charge in [0.05, 0.1) is 0 Å². The van der Waals surface area contributed by atoms with Gasteiger partial charge in [0.15, 0.2) is 0 Å². The number of rotatable bonds is 3. The van der Waals surface area contributed by atoms with Crippen molar-refractivity contribution in [3.8, 4) is 23.0 Å². The van der Waals surface area contributed by atoms with Crippen LogP contribution in [0.25, 0.3) is 17.2 Å². The van der Waals surface area contributed by atoms with Crippen LogP contribution in [0.15, 0.2) is 72.8 Å². The fraction of sp³-hybridized carbons (Fsp3) is 0.267. The van der Waals surface area contributed by atoms with E-state index in [0.717, 1.165) is 12.0 Å². The molecular weight excluding hydrogens is 452 g/mol. The van der Waals surface area contributed by atoms with Crippen molar-refractivity contribution < 1.29 is 24.7 Å². The molecule has 0 N–H and O–H groups in total. The second-order valence-electron chi connectivity index (χ2n) is 8.23. The van der Waals surface area contributed by atoms with Crippen LogP contribution in [0.5, 0.6) is 0 Å². The molecule has 0 heterocycles. The average Bonchev–Trinajstić information content (AvgIpc) is 3.36. The molecule has 0 saturated heterocycles. The molecule has 0 radical (unpaired) electrons. The first-order valence-corrected chi connectivity index (χ1v) is 12.8. The molecule has 0 spiro atoms. The number of hydrogen-bond donors (Lipinski definition) is 0. The minimum atomic E-state index is 0.593. The third-order valence-electron chi connectivity index (χ3n) is 6.16. The molecule has 5 rings (SSSR count). The Labute approximate surface area is 202 Å². The van der Waals surface area contributed by atoms with Crippen molar-refractivity contribution in [2.24, 2.45) is 0 Å². The van der Waals surface area contributed by atoms with Gasteiger partial charge in [-0.1, -0.05) is 43.3 Å². The number of benzene rings is 3. The van der Waals surface area contributed by atoms with Crippen molar-refractivity contribution >= 4 is 6.08 Å². The number of hydrogen-bond acceptors (Lipinski definition) is 0. The second-order valence-corrected chi connectivity index (χ2v) is 9.65. The third-order valence-corrected chi connectivity index (χ3v) is 7.69. The summed E-state index contributed by atoms with van der Waals surface area (Å²) in [4.78, 5) is 0. The van der Waals surface area contributed by atoms with Crippen molar-refractivity contribution in [3.63, 3.8) is 0 Å². The predicted molar refractivity (Wildman–Crippen MR) is 129 cm³/mol. The molecule has 2 aliphatic rings. The zero-order chi connectivity index (χ0) is 21.6. The van der Waals surface area contributed by atoms with Gasteiger partial charge in [-0.25, -0.2) is 0 Å². The van der Waals surface area contributed by atoms with Gasteiger partial charge in [-0.15, -0.1) is 0 Å². The Morgan fingerprint density at radius 1 is 0.839 bits per heavy atom. The van der Waals surface area contributed by atoms with Crippen LogP contribution >= 0.6 is 0 Å². The van der Waals surface area contributed by atoms with Gasteiger partial charge in [0.25, 0.3) is 0 Å². The summed E-state index contributed by atoms with van der Waals surface area (Å²) < 4.78 is 0.593. The van der Waals surface area contributed by atoms with Crippen LogP contribution in [0.1, 0.15) is 76.9 Å². The van der Waals surface area contributed by atoms with Crippen LogP contribution in [0, 0.1) is 11.8 Å². The third kappa shape index (κ3) is 4.86. The molecule has 0 saturated carbocycles. The Morgan fingerprint density at radius 3 is 2.39 bits per heavy atom. The first-order valence-electron chi connectivity index (χ1n) is 11.4. The molecule has 0 bridgehead atoms. The van der Waals surface area contributed by atoms with Crippen molar-refractivity contribution in [1.82, 2.24) is 0 Å². The van der Waals surface area contributed by atoms with Crippen molar-refractivity contribution in [2.45, 2.75) is 49.1 Å². The molecule has 0 amide bonds. The summed E-state index contributed by atoms with van der Waals surface area (Å²) in [6.45, 7) is 4.44. The van der Waals surface area contributed by atoms with Gasteiger partial charge >= 0.3 is 137 Å². The molecule has 0 aromatic heterocycles. The van der Waals surface area contributed by atoms with Gasteiger partial charge in [0.2, 0.25) is 0 Å². The van der Waals surface area contributed by atoms with E-state index in [-0.39, 0.29) is 0 Å². The van der Waals surface area contributed by atoms with Crippen LogP contribution in [0.3, 0.4) is 0 Å². The van der Waals surface area contributed by atoms with E-state index in [1.165, 1.54) is 52.6 Å². The molecule has 2 unspecified atom stereocenters. The van der Waals surface area contributed by atoms with E-state index in [2.05, 4.69) is 105 Å². The molecule has 3 aromatic carbocycles. The van der Waals surface area contributed by atoms with Crippen LogP contribution in [-0.2, 0) is 24.7 Å². The quantitative estimate of drug-likeness (QED) is 0.263. The molecule has 2 aliphatic carbocycles. The van der Waals surface area contributed by atoms with Gasteiger partial charge in [0.1, 0.15) is 0 Å². The Balaban J connectivity index is 0.000000177. The Morgan fingerprint density at radius 2 is 1.58 bits per heavy atom. The maximum atomic E-state index is 3.31. The second kappa shape index (κ2) is 10.4. The Kier molecular flexibility index (Phi) is 7.42. The van der Waals surface area contributed by atoms with E-state index in [4.69, 9.17) is 0 Å². The molecule has 3 aromatic rings. The summed E-state index contributed by atoms with van der Waals surface area (Å²) >= 11 is 1.56. The van der Waals surface area contributed by atoms with Crippen molar-refractivity contribution in [3.05, 3.63) is 101 Å². The fourth-order valence-corrected chi connectivity index (χ4v) is 5.63. The average molecular weight is 481 g/mol. The maximum absolute atomic E-state index is 3.31. The summed E-state index contributed by atoms with van der Waals surface area (Å²) in [5.41, 5.74) is 9.81. The minimum absolute atomic E-state index is 0.593. The van der Waals surface area contributed by atoms with E-state index in [1.54, 1.807) is 24.7 Å². The van der Waals surface area contributed by atoms with E-state index in [1.807, 2.05) is 0 Å². The summed E-state index contributed by atoms with van der Waals surface area (Å²) in [7, 11) is 0. The van der Waals surface area contributed by atoms with E-state index < -0.39 is 0 Å². The summed E-state index contributed by atoms with van der Waals surface area (Å²) in [6, 6.07) is 24.1. The summed E-state index contributed by atoms with van der Waals surface area (Å²) in [5.74, 6) is 7.27. The number of fused-ring (bicyclic) bond motifs is 4. The Bertz CT molecular complexity index is 1140. The molecule has 0 fully saturated rings. The Hall–Kier alpha value is -2.16. The zero-order valence-electron chi connectivity index (χ0n) is 18.5. The normalized spacial score (nSPS) is 16.9. The molecular formula is C30H29Zr. The monoisotopic (exact) mass is 479 g/mol. The predicted octanol–water partition coefficient (Wildman–Crippen LogP) is 8.05. The topological polar surface area (TPSA) is 0 Å². The van der Waals surface area contributed by atoms with E-state index in [9.17, 15) is 0 Å². The van der Waals surface area contributed by atoms with Crippen LogP contribution in [0.2, 0.25) is 0 Å². The molecule has 31 heavy (non-hydrogen) atoms. The standard InChI is InChI=1S/C19H17.C11H12.Zr/c1-2-3-4-5-8-15-11-12-17-14-16-9-6-7-10-18(16)19(17)13-15;1-2-9-7-8-10-5-3-4-6-11(9)10;/h6-7,9-14H,2-4H2,1H3;3-9H,2H2,1H3;. The van der Waals surface area contributed by atoms with Crippen molar-refractivity contribution in [2.75, 3.05) is 0 Å². The number of allylic oxidation sites excluding steroid dienone is 1. The first-order chi connectivity index (χ1) is 15.2. The zero-order valence-corrected chi connectivity index (χ0v) is 20.9. The summed E-state index contributed by atoms with van der Waals surface area (Å²) in [6.07, 6.45) is 9.15. The van der Waals surface area contributed by atoms with Gasteiger partial charge < -0.3 is 0 Å².